The Morgan fingerprint density at radius 1 is 1.19 bits per heavy atom. The molecule has 0 saturated carbocycles. The van der Waals surface area contributed by atoms with Crippen LogP contribution in [0.2, 0.25) is 0 Å². The Morgan fingerprint density at radius 3 is 2.62 bits per heavy atom. The molecule has 2 amide bonds. The van der Waals surface area contributed by atoms with E-state index in [1.807, 2.05) is 36.1 Å². The average molecular weight is 417 g/mol. The molecular weight excluding hydrogens is 396 g/mol. The highest BCUT2D eigenvalue weighted by Gasteiger charge is 2.33. The second kappa shape index (κ2) is 8.01. The summed E-state index contributed by atoms with van der Waals surface area (Å²) in [6.45, 7) is 4.47. The first-order chi connectivity index (χ1) is 12.5. The zero-order valence-electron chi connectivity index (χ0n) is 14.7. The van der Waals surface area contributed by atoms with Gasteiger partial charge < -0.3 is 15.0 Å². The molecule has 0 spiro atoms. The van der Waals surface area contributed by atoms with Crippen molar-refractivity contribution in [2.75, 3.05) is 18.5 Å². The minimum absolute atomic E-state index is 0.0601. The van der Waals surface area contributed by atoms with Crippen LogP contribution in [-0.4, -0.2) is 35.9 Å². The lowest BCUT2D eigenvalue weighted by Crippen LogP contribution is -2.48. The number of rotatable bonds is 3. The van der Waals surface area contributed by atoms with Crippen LogP contribution in [0.1, 0.15) is 35.9 Å². The molecule has 1 heterocycles. The van der Waals surface area contributed by atoms with E-state index < -0.39 is 0 Å². The number of nitrogens with one attached hydrogen (secondary N) is 1. The van der Waals surface area contributed by atoms with E-state index in [1.165, 1.54) is 6.92 Å². The Morgan fingerprint density at radius 2 is 1.92 bits per heavy atom. The number of nitrogens with zero attached hydrogens (tertiary/aromatic N) is 1. The van der Waals surface area contributed by atoms with Gasteiger partial charge in [0.1, 0.15) is 6.10 Å². The van der Waals surface area contributed by atoms with Crippen molar-refractivity contribution >= 4 is 33.4 Å². The van der Waals surface area contributed by atoms with Gasteiger partial charge in [0.15, 0.2) is 0 Å². The summed E-state index contributed by atoms with van der Waals surface area (Å²) in [5.41, 5.74) is 2.22. The highest BCUT2D eigenvalue weighted by atomic mass is 79.9. The van der Waals surface area contributed by atoms with Crippen molar-refractivity contribution in [2.24, 2.45) is 0 Å². The maximum Gasteiger partial charge on any atom is 0.254 e. The van der Waals surface area contributed by atoms with Gasteiger partial charge in [-0.05, 0) is 42.8 Å². The zero-order chi connectivity index (χ0) is 18.7. The molecule has 26 heavy (non-hydrogen) atoms. The smallest absolute Gasteiger partial charge is 0.254 e. The van der Waals surface area contributed by atoms with Crippen molar-refractivity contribution in [3.8, 4) is 0 Å². The van der Waals surface area contributed by atoms with Crippen LogP contribution in [0.25, 0.3) is 0 Å². The van der Waals surface area contributed by atoms with Crippen molar-refractivity contribution < 1.29 is 14.3 Å². The van der Waals surface area contributed by atoms with Gasteiger partial charge in [-0.15, -0.1) is 0 Å². The van der Waals surface area contributed by atoms with Crippen molar-refractivity contribution in [1.29, 1.82) is 0 Å². The lowest BCUT2D eigenvalue weighted by Gasteiger charge is -2.39. The monoisotopic (exact) mass is 416 g/mol. The number of benzene rings is 2. The van der Waals surface area contributed by atoms with Crippen LogP contribution in [0.5, 0.6) is 0 Å². The number of hydrogen-bond acceptors (Lipinski definition) is 3. The molecule has 1 N–H and O–H groups in total. The SMILES string of the molecule is CC(=O)Nc1cccc(C(=O)N2CCO[C@H](c3ccc(Br)cc3)[C@@H]2C)c1. The molecule has 1 aliphatic rings. The fraction of sp³-hybridized carbons (Fsp3) is 0.300. The summed E-state index contributed by atoms with van der Waals surface area (Å²) in [6, 6.07) is 14.9. The Bertz CT molecular complexity index is 807. The maximum absolute atomic E-state index is 13.0. The van der Waals surface area contributed by atoms with Crippen molar-refractivity contribution in [3.63, 3.8) is 0 Å². The molecule has 0 radical (unpaired) electrons. The lowest BCUT2D eigenvalue weighted by molar-refractivity contribution is -0.114. The number of ether oxygens (including phenoxy) is 1. The van der Waals surface area contributed by atoms with Gasteiger partial charge in [0.25, 0.3) is 5.91 Å². The standard InChI is InChI=1S/C20H21BrN2O3/c1-13-19(15-6-8-17(21)9-7-15)26-11-10-23(13)20(25)16-4-3-5-18(12-16)22-14(2)24/h3-9,12-13,19H,10-11H2,1-2H3,(H,22,24)/t13-,19-/m0/s1. The second-order valence-electron chi connectivity index (χ2n) is 6.34. The summed E-state index contributed by atoms with van der Waals surface area (Å²) in [5, 5.41) is 2.72. The third-order valence-electron chi connectivity index (χ3n) is 4.45. The molecule has 136 valence electrons. The van der Waals surface area contributed by atoms with E-state index in [4.69, 9.17) is 4.74 Å². The summed E-state index contributed by atoms with van der Waals surface area (Å²) in [7, 11) is 0. The average Bonchev–Trinajstić information content (AvgIpc) is 2.62. The Kier molecular flexibility index (Phi) is 5.74. The fourth-order valence-corrected chi connectivity index (χ4v) is 3.46. The van der Waals surface area contributed by atoms with E-state index in [0.717, 1.165) is 10.0 Å². The topological polar surface area (TPSA) is 58.6 Å². The molecular formula is C20H21BrN2O3. The second-order valence-corrected chi connectivity index (χ2v) is 7.26. The van der Waals surface area contributed by atoms with Gasteiger partial charge in [0.05, 0.1) is 12.6 Å². The molecule has 0 bridgehead atoms. The summed E-state index contributed by atoms with van der Waals surface area (Å²) < 4.78 is 6.95. The highest BCUT2D eigenvalue weighted by Crippen LogP contribution is 2.30. The van der Waals surface area contributed by atoms with E-state index in [1.54, 1.807) is 24.3 Å². The number of amides is 2. The zero-order valence-corrected chi connectivity index (χ0v) is 16.3. The van der Waals surface area contributed by atoms with E-state index in [-0.39, 0.29) is 24.0 Å². The predicted molar refractivity (Wildman–Crippen MR) is 104 cm³/mol. The molecule has 0 unspecified atom stereocenters. The van der Waals surface area contributed by atoms with Crippen LogP contribution < -0.4 is 5.32 Å². The third kappa shape index (κ3) is 4.14. The number of morpholine rings is 1. The van der Waals surface area contributed by atoms with Gasteiger partial charge >= 0.3 is 0 Å². The van der Waals surface area contributed by atoms with E-state index in [2.05, 4.69) is 21.2 Å². The van der Waals surface area contributed by atoms with E-state index in [0.29, 0.717) is 24.4 Å². The molecule has 2 aromatic rings. The predicted octanol–water partition coefficient (Wildman–Crippen LogP) is 4.01. The normalized spacial score (nSPS) is 19.9. The maximum atomic E-state index is 13.0. The van der Waals surface area contributed by atoms with Crippen LogP contribution in [0.15, 0.2) is 53.0 Å². The molecule has 2 atom stereocenters. The fourth-order valence-electron chi connectivity index (χ4n) is 3.20. The van der Waals surface area contributed by atoms with E-state index in [9.17, 15) is 9.59 Å². The minimum atomic E-state index is -0.167. The van der Waals surface area contributed by atoms with Gasteiger partial charge in [-0.2, -0.15) is 0 Å². The number of carbonyl (C=O) groups excluding carboxylic acids is 2. The largest absolute Gasteiger partial charge is 0.370 e. The Labute approximate surface area is 161 Å². The van der Waals surface area contributed by atoms with Crippen molar-refractivity contribution in [2.45, 2.75) is 26.0 Å². The highest BCUT2D eigenvalue weighted by molar-refractivity contribution is 9.10. The summed E-state index contributed by atoms with van der Waals surface area (Å²) in [6.07, 6.45) is -0.167. The Hall–Kier alpha value is -2.18. The van der Waals surface area contributed by atoms with Crippen LogP contribution in [-0.2, 0) is 9.53 Å². The first-order valence-electron chi connectivity index (χ1n) is 8.51. The number of carbonyl (C=O) groups is 2. The summed E-state index contributed by atoms with van der Waals surface area (Å²) >= 11 is 3.44. The van der Waals surface area contributed by atoms with Gasteiger partial charge in [0.2, 0.25) is 5.91 Å². The lowest BCUT2D eigenvalue weighted by atomic mass is 9.99. The van der Waals surface area contributed by atoms with Gasteiger partial charge in [-0.25, -0.2) is 0 Å². The first-order valence-corrected chi connectivity index (χ1v) is 9.30. The number of anilines is 1. The first kappa shape index (κ1) is 18.6. The van der Waals surface area contributed by atoms with Crippen molar-refractivity contribution in [1.82, 2.24) is 4.90 Å². The molecule has 0 aromatic heterocycles. The van der Waals surface area contributed by atoms with Crippen LogP contribution in [0, 0.1) is 0 Å². The molecule has 0 aliphatic carbocycles. The molecule has 1 aliphatic heterocycles. The van der Waals surface area contributed by atoms with Gasteiger partial charge in [-0.1, -0.05) is 34.1 Å². The summed E-state index contributed by atoms with van der Waals surface area (Å²) in [4.78, 5) is 26.1. The van der Waals surface area contributed by atoms with Crippen LogP contribution >= 0.6 is 15.9 Å². The molecule has 2 aromatic carbocycles. The Balaban J connectivity index is 1.80. The molecule has 1 saturated heterocycles. The van der Waals surface area contributed by atoms with Gasteiger partial charge in [-0.3, -0.25) is 9.59 Å². The molecule has 3 rings (SSSR count). The molecule has 6 heteroatoms. The van der Waals surface area contributed by atoms with Crippen LogP contribution in [0.3, 0.4) is 0 Å². The van der Waals surface area contributed by atoms with Gasteiger partial charge in [0, 0.05) is 29.2 Å². The third-order valence-corrected chi connectivity index (χ3v) is 4.98. The number of hydrogen-bond donors (Lipinski definition) is 1. The summed E-state index contributed by atoms with van der Waals surface area (Å²) in [5.74, 6) is -0.222. The van der Waals surface area contributed by atoms with Crippen molar-refractivity contribution in [3.05, 3.63) is 64.1 Å². The quantitative estimate of drug-likeness (QED) is 0.821. The molecule has 1 fully saturated rings. The van der Waals surface area contributed by atoms with Crippen LogP contribution in [0.4, 0.5) is 5.69 Å². The molecule has 5 nitrogen and oxygen atoms in total. The number of halogens is 1. The minimum Gasteiger partial charge on any atom is -0.370 e. The van der Waals surface area contributed by atoms with E-state index >= 15 is 0 Å².